The molecule has 3 rings (SSSR count). The quantitative estimate of drug-likeness (QED) is 0.161. The van der Waals surface area contributed by atoms with E-state index >= 15 is 0 Å². The van der Waals surface area contributed by atoms with Gasteiger partial charge in [0.25, 0.3) is 11.8 Å². The molecule has 2 amide bonds. The lowest BCUT2D eigenvalue weighted by Crippen LogP contribution is -2.28. The molecule has 0 unspecified atom stereocenters. The van der Waals surface area contributed by atoms with Crippen LogP contribution in [0.3, 0.4) is 0 Å². The first-order valence-electron chi connectivity index (χ1n) is 16.8. The molecule has 5 heteroatoms. The molecular formula is C37H58N2O3. The number of nitrogens with one attached hydrogen (secondary N) is 2. The summed E-state index contributed by atoms with van der Waals surface area (Å²) in [6.07, 6.45) is 14.0. The van der Waals surface area contributed by atoms with Gasteiger partial charge < -0.3 is 15.4 Å². The fourth-order valence-electron chi connectivity index (χ4n) is 5.79. The average Bonchev–Trinajstić information content (AvgIpc) is 3.31. The van der Waals surface area contributed by atoms with Crippen molar-refractivity contribution in [3.63, 3.8) is 0 Å². The number of unbranched alkanes of at least 4 members (excludes halogenated alkanes) is 4. The molecule has 0 aromatic heterocycles. The Hall–Kier alpha value is -2.66. The van der Waals surface area contributed by atoms with E-state index in [1.807, 2.05) is 6.07 Å². The van der Waals surface area contributed by atoms with Gasteiger partial charge in [-0.05, 0) is 99.6 Å². The Labute approximate surface area is 256 Å². The number of allylic oxidation sites excluding steroid dienone is 3. The highest BCUT2D eigenvalue weighted by Gasteiger charge is 2.31. The molecule has 0 saturated heterocycles. The second-order valence-corrected chi connectivity index (χ2v) is 11.7. The molecule has 1 aliphatic carbocycles. The molecule has 1 aromatic rings. The molecule has 0 saturated carbocycles. The predicted octanol–water partition coefficient (Wildman–Crippen LogP) is 9.48. The lowest BCUT2D eigenvalue weighted by molar-refractivity contribution is -0.117. The van der Waals surface area contributed by atoms with Gasteiger partial charge in [0.15, 0.2) is 0 Å². The van der Waals surface area contributed by atoms with Crippen LogP contribution in [0, 0.1) is 0 Å². The maximum absolute atomic E-state index is 13.3. The van der Waals surface area contributed by atoms with Gasteiger partial charge in [-0.25, -0.2) is 0 Å². The Bertz CT molecular complexity index is 1120. The van der Waals surface area contributed by atoms with E-state index in [9.17, 15) is 9.59 Å². The predicted molar refractivity (Wildman–Crippen MR) is 179 cm³/mol. The van der Waals surface area contributed by atoms with Gasteiger partial charge in [-0.3, -0.25) is 9.59 Å². The van der Waals surface area contributed by atoms with Crippen LogP contribution in [-0.2, 0) is 20.7 Å². The van der Waals surface area contributed by atoms with Gasteiger partial charge in [0.05, 0.1) is 5.57 Å². The molecule has 0 radical (unpaired) electrons. The number of ether oxygens (including phenoxy) is 1. The molecule has 1 aliphatic heterocycles. The van der Waals surface area contributed by atoms with Crippen molar-refractivity contribution in [2.75, 3.05) is 25.1 Å². The van der Waals surface area contributed by atoms with Crippen molar-refractivity contribution in [1.29, 1.82) is 0 Å². The second kappa shape index (κ2) is 19.5. The Balaban J connectivity index is 0.000000528. The van der Waals surface area contributed by atoms with E-state index in [0.717, 1.165) is 116 Å². The lowest BCUT2D eigenvalue weighted by Gasteiger charge is -2.25. The highest BCUT2D eigenvalue weighted by Crippen LogP contribution is 2.43. The Kier molecular flexibility index (Phi) is 16.5. The minimum absolute atomic E-state index is 0.0212. The van der Waals surface area contributed by atoms with Crippen molar-refractivity contribution in [2.24, 2.45) is 0 Å². The first-order chi connectivity index (χ1) is 20.3. The van der Waals surface area contributed by atoms with Crippen LogP contribution in [0.15, 0.2) is 46.1 Å². The van der Waals surface area contributed by atoms with Gasteiger partial charge >= 0.3 is 0 Å². The number of hydrogen-bond acceptors (Lipinski definition) is 3. The molecule has 42 heavy (non-hydrogen) atoms. The molecular weight excluding hydrogens is 520 g/mol. The van der Waals surface area contributed by atoms with Crippen molar-refractivity contribution in [1.82, 2.24) is 5.32 Å². The van der Waals surface area contributed by atoms with Crippen molar-refractivity contribution < 1.29 is 14.3 Å². The number of benzene rings is 1. The molecule has 0 atom stereocenters. The first kappa shape index (κ1) is 35.5. The van der Waals surface area contributed by atoms with Gasteiger partial charge in [0.1, 0.15) is 0 Å². The zero-order chi connectivity index (χ0) is 30.9. The third kappa shape index (κ3) is 10.3. The van der Waals surface area contributed by atoms with Crippen LogP contribution in [-0.4, -0.2) is 31.6 Å². The molecule has 5 nitrogen and oxygen atoms in total. The second-order valence-electron chi connectivity index (χ2n) is 11.7. The zero-order valence-electron chi connectivity index (χ0n) is 27.8. The van der Waals surface area contributed by atoms with Crippen molar-refractivity contribution in [3.05, 3.63) is 57.2 Å². The Morgan fingerprint density at radius 3 is 2.36 bits per heavy atom. The largest absolute Gasteiger partial charge is 0.381 e. The maximum atomic E-state index is 13.3. The van der Waals surface area contributed by atoms with Crippen LogP contribution in [0.2, 0.25) is 0 Å². The van der Waals surface area contributed by atoms with Crippen LogP contribution in [0.1, 0.15) is 137 Å². The molecule has 1 aromatic carbocycles. The number of carbonyl (C=O) groups is 2. The number of rotatable bonds is 15. The molecule has 2 N–H and O–H groups in total. The summed E-state index contributed by atoms with van der Waals surface area (Å²) >= 11 is 0. The molecule has 234 valence electrons. The number of carbonyl (C=O) groups excluding carboxylic acids is 2. The smallest absolute Gasteiger partial charge is 0.256 e. The summed E-state index contributed by atoms with van der Waals surface area (Å²) in [6, 6.07) is 6.24. The van der Waals surface area contributed by atoms with E-state index in [2.05, 4.69) is 71.2 Å². The summed E-state index contributed by atoms with van der Waals surface area (Å²) in [6.45, 7) is 17.6. The molecule has 1 heterocycles. The summed E-state index contributed by atoms with van der Waals surface area (Å²) < 4.78 is 5.33. The molecule has 0 bridgehead atoms. The number of aryl methyl sites for hydroxylation is 1. The summed E-state index contributed by atoms with van der Waals surface area (Å²) in [5, 5.41) is 6.19. The van der Waals surface area contributed by atoms with Crippen molar-refractivity contribution in [2.45, 2.75) is 132 Å². The van der Waals surface area contributed by atoms with E-state index in [0.29, 0.717) is 6.54 Å². The monoisotopic (exact) mass is 578 g/mol. The molecule has 0 spiro atoms. The van der Waals surface area contributed by atoms with Crippen LogP contribution in [0.5, 0.6) is 0 Å². The van der Waals surface area contributed by atoms with Crippen LogP contribution in [0.25, 0.3) is 5.57 Å². The average molecular weight is 579 g/mol. The van der Waals surface area contributed by atoms with Gasteiger partial charge in [0.2, 0.25) is 0 Å². The van der Waals surface area contributed by atoms with Crippen LogP contribution >= 0.6 is 0 Å². The first-order valence-corrected chi connectivity index (χ1v) is 16.8. The Morgan fingerprint density at radius 2 is 1.69 bits per heavy atom. The third-order valence-corrected chi connectivity index (χ3v) is 8.18. The summed E-state index contributed by atoms with van der Waals surface area (Å²) in [4.78, 5) is 26.3. The fourth-order valence-corrected chi connectivity index (χ4v) is 5.79. The van der Waals surface area contributed by atoms with Crippen molar-refractivity contribution in [3.8, 4) is 0 Å². The summed E-state index contributed by atoms with van der Waals surface area (Å²) in [5.41, 5.74) is 9.23. The summed E-state index contributed by atoms with van der Waals surface area (Å²) in [7, 11) is 0. The highest BCUT2D eigenvalue weighted by molar-refractivity contribution is 6.32. The summed E-state index contributed by atoms with van der Waals surface area (Å²) in [5.74, 6) is 0.0154. The number of amides is 2. The van der Waals surface area contributed by atoms with Crippen molar-refractivity contribution >= 4 is 23.1 Å². The SMILES string of the molecule is CCCCCCOCCC.CCCCNC(=O)/C(C1=C(C)/C(=C2\C(=O)Nc3ccc(CC)cc32)CCC1)=C(\C)CCC. The van der Waals surface area contributed by atoms with E-state index in [1.165, 1.54) is 31.2 Å². The third-order valence-electron chi connectivity index (χ3n) is 8.18. The maximum Gasteiger partial charge on any atom is 0.256 e. The molecule has 2 aliphatic rings. The van der Waals surface area contributed by atoms with E-state index < -0.39 is 0 Å². The minimum Gasteiger partial charge on any atom is -0.381 e. The van der Waals surface area contributed by atoms with Gasteiger partial charge in [0, 0.05) is 36.6 Å². The van der Waals surface area contributed by atoms with E-state index in [1.54, 1.807) is 0 Å². The van der Waals surface area contributed by atoms with Crippen LogP contribution < -0.4 is 10.6 Å². The number of fused-ring (bicyclic) bond motifs is 1. The van der Waals surface area contributed by atoms with E-state index in [-0.39, 0.29) is 11.8 Å². The Morgan fingerprint density at radius 1 is 0.929 bits per heavy atom. The normalized spacial score (nSPS) is 16.9. The zero-order valence-corrected chi connectivity index (χ0v) is 27.8. The van der Waals surface area contributed by atoms with Crippen LogP contribution in [0.4, 0.5) is 5.69 Å². The number of anilines is 1. The minimum atomic E-state index is -0.0212. The lowest BCUT2D eigenvalue weighted by atomic mass is 9.79. The molecule has 0 fully saturated rings. The highest BCUT2D eigenvalue weighted by atomic mass is 16.5. The standard InChI is InChI=1S/C28H38N2O2.C9H20O/c1-6-9-16-29-27(31)25(18(4)11-7-2)21-12-10-13-22(19(21)5)26-23-17-20(8-3)14-15-24(23)30-28(26)32;1-3-5-6-7-9-10-8-4-2/h14-15,17H,6-13,16H2,1-5H3,(H,29,31)(H,30,32);3-9H2,1-2H3/b25-18+,26-22-;. The topological polar surface area (TPSA) is 67.4 Å². The van der Waals surface area contributed by atoms with E-state index in [4.69, 9.17) is 4.74 Å². The van der Waals surface area contributed by atoms with Gasteiger partial charge in [-0.2, -0.15) is 0 Å². The van der Waals surface area contributed by atoms with Gasteiger partial charge in [-0.1, -0.05) is 78.4 Å². The number of hydrogen-bond donors (Lipinski definition) is 2. The van der Waals surface area contributed by atoms with Gasteiger partial charge in [-0.15, -0.1) is 0 Å². The fraction of sp³-hybridized carbons (Fsp3) is 0.622.